The number of hydrogen-bond donors (Lipinski definition) is 2. The van der Waals surface area contributed by atoms with Gasteiger partial charge in [-0.15, -0.1) is 0 Å². The first-order valence-corrected chi connectivity index (χ1v) is 10.4. The molecular formula is C21H36N4O. The molecule has 1 aromatic rings. The summed E-state index contributed by atoms with van der Waals surface area (Å²) in [6, 6.07) is 5.30. The highest BCUT2D eigenvalue weighted by Crippen LogP contribution is 2.30. The molecule has 2 rings (SSSR count). The molecule has 1 fully saturated rings. The van der Waals surface area contributed by atoms with E-state index in [9.17, 15) is 4.79 Å². The van der Waals surface area contributed by atoms with Crippen molar-refractivity contribution in [2.45, 2.75) is 65.3 Å². The molecule has 1 heterocycles. The van der Waals surface area contributed by atoms with Crippen LogP contribution in [0.2, 0.25) is 0 Å². The maximum absolute atomic E-state index is 11.7. The molecule has 1 saturated carbocycles. The first-order valence-electron chi connectivity index (χ1n) is 10.4. The number of guanidine groups is 1. The Labute approximate surface area is 158 Å². The standard InChI is InChI=1S/C21H36N4O/c1-3-22-21(24-14-12-19-10-8-9-18(2)17-19)23-13-5-7-16-25-15-6-4-11-20(25)26/h4,6,11,15,18-19H,3,5,7-10,12-14,16-17H2,1-2H3,(H2,22,23,24). The van der Waals surface area contributed by atoms with Gasteiger partial charge in [-0.3, -0.25) is 9.79 Å². The van der Waals surface area contributed by atoms with E-state index in [1.165, 1.54) is 32.1 Å². The molecule has 0 spiro atoms. The number of unbranched alkanes of at least 4 members (excludes halogenated alkanes) is 1. The van der Waals surface area contributed by atoms with Crippen LogP contribution in [0.25, 0.3) is 0 Å². The predicted molar refractivity (Wildman–Crippen MR) is 110 cm³/mol. The van der Waals surface area contributed by atoms with Crippen LogP contribution < -0.4 is 16.2 Å². The summed E-state index contributed by atoms with van der Waals surface area (Å²) in [7, 11) is 0. The molecule has 0 aliphatic heterocycles. The molecule has 5 heteroatoms. The molecule has 0 saturated heterocycles. The van der Waals surface area contributed by atoms with Gasteiger partial charge in [-0.05, 0) is 50.5 Å². The Balaban J connectivity index is 1.65. The van der Waals surface area contributed by atoms with Crippen molar-refractivity contribution in [1.82, 2.24) is 15.2 Å². The van der Waals surface area contributed by atoms with Gasteiger partial charge in [0.15, 0.2) is 5.96 Å². The Morgan fingerprint density at radius 3 is 2.92 bits per heavy atom. The maximum atomic E-state index is 11.7. The van der Waals surface area contributed by atoms with Crippen LogP contribution in [-0.4, -0.2) is 30.2 Å². The lowest BCUT2D eigenvalue weighted by Gasteiger charge is -2.26. The number of nitrogens with one attached hydrogen (secondary N) is 2. The van der Waals surface area contributed by atoms with E-state index in [2.05, 4.69) is 29.5 Å². The van der Waals surface area contributed by atoms with Gasteiger partial charge in [0.1, 0.15) is 0 Å². The van der Waals surface area contributed by atoms with Crippen molar-refractivity contribution in [3.8, 4) is 0 Å². The molecule has 1 aliphatic rings. The van der Waals surface area contributed by atoms with Gasteiger partial charge in [0, 0.05) is 38.4 Å². The minimum atomic E-state index is 0.0723. The van der Waals surface area contributed by atoms with Crippen LogP contribution in [0.5, 0.6) is 0 Å². The second-order valence-electron chi connectivity index (χ2n) is 7.55. The van der Waals surface area contributed by atoms with Gasteiger partial charge in [-0.25, -0.2) is 0 Å². The first kappa shape index (κ1) is 20.5. The normalized spacial score (nSPS) is 20.8. The van der Waals surface area contributed by atoms with Crippen molar-refractivity contribution >= 4 is 5.96 Å². The van der Waals surface area contributed by atoms with E-state index in [0.717, 1.165) is 56.8 Å². The highest BCUT2D eigenvalue weighted by molar-refractivity contribution is 5.79. The molecule has 2 N–H and O–H groups in total. The van der Waals surface area contributed by atoms with Crippen LogP contribution in [0.1, 0.15) is 58.8 Å². The number of aryl methyl sites for hydroxylation is 1. The zero-order valence-corrected chi connectivity index (χ0v) is 16.5. The van der Waals surface area contributed by atoms with E-state index in [1.54, 1.807) is 16.7 Å². The molecule has 1 aromatic heterocycles. The van der Waals surface area contributed by atoms with E-state index < -0.39 is 0 Å². The molecule has 0 bridgehead atoms. The third kappa shape index (κ3) is 7.63. The molecule has 0 radical (unpaired) electrons. The summed E-state index contributed by atoms with van der Waals surface area (Å²) in [6.45, 7) is 7.92. The molecule has 26 heavy (non-hydrogen) atoms. The Morgan fingerprint density at radius 2 is 2.15 bits per heavy atom. The zero-order valence-electron chi connectivity index (χ0n) is 16.5. The monoisotopic (exact) mass is 360 g/mol. The Kier molecular flexibility index (Phi) is 9.29. The minimum Gasteiger partial charge on any atom is -0.357 e. The molecule has 2 unspecified atom stereocenters. The van der Waals surface area contributed by atoms with Crippen LogP contribution >= 0.6 is 0 Å². The molecule has 1 aliphatic carbocycles. The fourth-order valence-corrected chi connectivity index (χ4v) is 3.79. The summed E-state index contributed by atoms with van der Waals surface area (Å²) in [5.41, 5.74) is 0.0723. The molecule has 2 atom stereocenters. The van der Waals surface area contributed by atoms with Crippen molar-refractivity contribution in [1.29, 1.82) is 0 Å². The SMILES string of the molecule is CCNC(=NCCCCn1ccccc1=O)NCCC1CCCC(C)C1. The van der Waals surface area contributed by atoms with E-state index in [1.807, 2.05) is 12.3 Å². The van der Waals surface area contributed by atoms with Crippen LogP contribution in [0.3, 0.4) is 0 Å². The number of aliphatic imine (C=N–C) groups is 1. The highest BCUT2D eigenvalue weighted by atomic mass is 16.1. The number of pyridine rings is 1. The molecule has 5 nitrogen and oxygen atoms in total. The quantitative estimate of drug-likeness (QED) is 0.403. The summed E-state index contributed by atoms with van der Waals surface area (Å²) in [4.78, 5) is 16.3. The highest BCUT2D eigenvalue weighted by Gasteiger charge is 2.18. The lowest BCUT2D eigenvalue weighted by Crippen LogP contribution is -2.38. The first-order chi connectivity index (χ1) is 12.7. The van der Waals surface area contributed by atoms with Gasteiger partial charge in [0.05, 0.1) is 0 Å². The maximum Gasteiger partial charge on any atom is 0.250 e. The van der Waals surface area contributed by atoms with Crippen molar-refractivity contribution in [2.75, 3.05) is 19.6 Å². The van der Waals surface area contributed by atoms with Crippen LogP contribution in [0.4, 0.5) is 0 Å². The van der Waals surface area contributed by atoms with E-state index in [4.69, 9.17) is 0 Å². The summed E-state index contributed by atoms with van der Waals surface area (Å²) >= 11 is 0. The van der Waals surface area contributed by atoms with Crippen molar-refractivity contribution < 1.29 is 0 Å². The second kappa shape index (κ2) is 11.8. The molecule has 146 valence electrons. The topological polar surface area (TPSA) is 58.4 Å². The lowest BCUT2D eigenvalue weighted by atomic mass is 9.81. The van der Waals surface area contributed by atoms with Gasteiger partial charge < -0.3 is 15.2 Å². The smallest absolute Gasteiger partial charge is 0.250 e. The fourth-order valence-electron chi connectivity index (χ4n) is 3.79. The van der Waals surface area contributed by atoms with Gasteiger partial charge in [-0.2, -0.15) is 0 Å². The fraction of sp³-hybridized carbons (Fsp3) is 0.714. The predicted octanol–water partition coefficient (Wildman–Crippen LogP) is 3.40. The third-order valence-electron chi connectivity index (χ3n) is 5.21. The molecule has 0 amide bonds. The minimum absolute atomic E-state index is 0.0723. The Morgan fingerprint density at radius 1 is 1.27 bits per heavy atom. The number of rotatable bonds is 9. The number of aromatic nitrogens is 1. The molecular weight excluding hydrogens is 324 g/mol. The van der Waals surface area contributed by atoms with Gasteiger partial charge in [0.25, 0.3) is 0 Å². The third-order valence-corrected chi connectivity index (χ3v) is 5.21. The summed E-state index contributed by atoms with van der Waals surface area (Å²) in [6.07, 6.45) is 10.6. The average molecular weight is 361 g/mol. The van der Waals surface area contributed by atoms with E-state index >= 15 is 0 Å². The lowest BCUT2D eigenvalue weighted by molar-refractivity contribution is 0.270. The van der Waals surface area contributed by atoms with Crippen molar-refractivity contribution in [3.63, 3.8) is 0 Å². The molecule has 0 aromatic carbocycles. The van der Waals surface area contributed by atoms with Crippen LogP contribution in [0.15, 0.2) is 34.2 Å². The van der Waals surface area contributed by atoms with Crippen LogP contribution in [-0.2, 0) is 6.54 Å². The average Bonchev–Trinajstić information content (AvgIpc) is 2.63. The van der Waals surface area contributed by atoms with Gasteiger partial charge >= 0.3 is 0 Å². The Hall–Kier alpha value is -1.78. The zero-order chi connectivity index (χ0) is 18.6. The number of nitrogens with zero attached hydrogens (tertiary/aromatic N) is 2. The van der Waals surface area contributed by atoms with Crippen LogP contribution in [0, 0.1) is 11.8 Å². The van der Waals surface area contributed by atoms with Gasteiger partial charge in [0.2, 0.25) is 5.56 Å². The number of hydrogen-bond acceptors (Lipinski definition) is 2. The van der Waals surface area contributed by atoms with E-state index in [0.29, 0.717) is 0 Å². The second-order valence-corrected chi connectivity index (χ2v) is 7.55. The summed E-state index contributed by atoms with van der Waals surface area (Å²) < 4.78 is 1.76. The summed E-state index contributed by atoms with van der Waals surface area (Å²) in [5, 5.41) is 6.81. The van der Waals surface area contributed by atoms with Crippen molar-refractivity contribution in [2.24, 2.45) is 16.8 Å². The van der Waals surface area contributed by atoms with Crippen molar-refractivity contribution in [3.05, 3.63) is 34.7 Å². The van der Waals surface area contributed by atoms with Gasteiger partial charge in [-0.1, -0.05) is 32.3 Å². The largest absolute Gasteiger partial charge is 0.357 e. The Bertz CT molecular complexity index is 596. The van der Waals surface area contributed by atoms with E-state index in [-0.39, 0.29) is 5.56 Å². The summed E-state index contributed by atoms with van der Waals surface area (Å²) in [5.74, 6) is 2.69.